The zero-order valence-electron chi connectivity index (χ0n) is 23.3. The van der Waals surface area contributed by atoms with Gasteiger partial charge in [-0.15, -0.1) is 0 Å². The quantitative estimate of drug-likeness (QED) is 0.440. The summed E-state index contributed by atoms with van der Waals surface area (Å²) in [7, 11) is 0. The molecule has 1 rings (SSSR count). The molecule has 0 radical (unpaired) electrons. The Labute approximate surface area is 197 Å². The van der Waals surface area contributed by atoms with E-state index in [1.807, 2.05) is 62.3 Å². The van der Waals surface area contributed by atoms with Crippen LogP contribution in [0, 0.1) is 16.2 Å². The van der Waals surface area contributed by atoms with Gasteiger partial charge in [0.1, 0.15) is 0 Å². The number of aliphatic hydroxyl groups is 3. The fourth-order valence-electron chi connectivity index (χ4n) is 2.25. The van der Waals surface area contributed by atoms with E-state index in [9.17, 15) is 9.90 Å². The van der Waals surface area contributed by atoms with E-state index in [0.717, 1.165) is 11.4 Å². The molecule has 0 aromatic carbocycles. The molecule has 1 aliphatic heterocycles. The number of carboxylic acid groups (broad SMARTS) is 1. The van der Waals surface area contributed by atoms with E-state index in [2.05, 4.69) is 9.98 Å². The lowest BCUT2D eigenvalue weighted by Gasteiger charge is -2.32. The number of aliphatic carboxylic acids is 1. The molecule has 0 unspecified atom stereocenters. The lowest BCUT2D eigenvalue weighted by Crippen LogP contribution is -2.46. The molecule has 0 saturated heterocycles. The van der Waals surface area contributed by atoms with E-state index in [0.29, 0.717) is 0 Å². The Morgan fingerprint density at radius 1 is 0.656 bits per heavy atom. The molecule has 0 spiro atoms. The third kappa shape index (κ3) is 14.0. The van der Waals surface area contributed by atoms with Crippen LogP contribution in [-0.2, 0) is 4.79 Å². The van der Waals surface area contributed by atoms with Crippen molar-refractivity contribution in [2.75, 3.05) is 0 Å². The van der Waals surface area contributed by atoms with Crippen LogP contribution >= 0.6 is 0 Å². The first-order valence-corrected chi connectivity index (χ1v) is 11.3. The zero-order valence-corrected chi connectivity index (χ0v) is 23.3. The standard InChI is InChI=1S/C16H28N2O2.3C3H8O/c1-13(2,3)10-11(14(4,5)6)18-16(17-10,12(19)20)15(7,8)9;3*1-3(2)4/h1-9H3,(H,19,20);3*3-4H,1-2H3. The molecule has 4 N–H and O–H groups in total. The minimum atomic E-state index is -1.42. The van der Waals surface area contributed by atoms with Crippen molar-refractivity contribution in [2.24, 2.45) is 26.2 Å². The van der Waals surface area contributed by atoms with Crippen LogP contribution in [0.2, 0.25) is 0 Å². The van der Waals surface area contributed by atoms with Gasteiger partial charge in [0.05, 0.1) is 11.4 Å². The van der Waals surface area contributed by atoms with Gasteiger partial charge in [-0.05, 0) is 41.5 Å². The van der Waals surface area contributed by atoms with Gasteiger partial charge < -0.3 is 20.4 Å². The predicted octanol–water partition coefficient (Wildman–Crippen LogP) is 4.96. The van der Waals surface area contributed by atoms with Crippen molar-refractivity contribution < 1.29 is 25.2 Å². The van der Waals surface area contributed by atoms with Gasteiger partial charge in [0.25, 0.3) is 5.66 Å². The molecule has 1 heterocycles. The second-order valence-corrected chi connectivity index (χ2v) is 11.9. The van der Waals surface area contributed by atoms with Crippen LogP contribution < -0.4 is 0 Å². The summed E-state index contributed by atoms with van der Waals surface area (Å²) in [5, 5.41) is 33.9. The molecule has 7 nitrogen and oxygen atoms in total. The fraction of sp³-hybridized carbons (Fsp3) is 0.880. The highest BCUT2D eigenvalue weighted by Gasteiger charge is 2.55. The van der Waals surface area contributed by atoms with Crippen molar-refractivity contribution in [1.82, 2.24) is 0 Å². The molecule has 0 aliphatic carbocycles. The van der Waals surface area contributed by atoms with E-state index >= 15 is 0 Å². The zero-order chi connectivity index (χ0) is 26.9. The highest BCUT2D eigenvalue weighted by atomic mass is 16.4. The molecule has 0 bridgehead atoms. The minimum absolute atomic E-state index is 0.167. The van der Waals surface area contributed by atoms with E-state index in [4.69, 9.17) is 15.3 Å². The number of nitrogens with zero attached hydrogens (tertiary/aromatic N) is 2. The van der Waals surface area contributed by atoms with Gasteiger partial charge in [-0.3, -0.25) is 0 Å². The first-order valence-electron chi connectivity index (χ1n) is 11.3. The van der Waals surface area contributed by atoms with Crippen LogP contribution in [-0.4, -0.2) is 61.8 Å². The Balaban J connectivity index is -0.000000577. The van der Waals surface area contributed by atoms with Gasteiger partial charge in [0.15, 0.2) is 0 Å². The average Bonchev–Trinajstić information content (AvgIpc) is 2.86. The summed E-state index contributed by atoms with van der Waals surface area (Å²) in [5.41, 5.74) is -0.839. The monoisotopic (exact) mass is 460 g/mol. The third-order valence-corrected chi connectivity index (χ3v) is 3.54. The Morgan fingerprint density at radius 3 is 0.938 bits per heavy atom. The van der Waals surface area contributed by atoms with Gasteiger partial charge in [-0.2, -0.15) is 0 Å². The van der Waals surface area contributed by atoms with Gasteiger partial charge in [0, 0.05) is 34.6 Å². The fourth-order valence-corrected chi connectivity index (χ4v) is 2.25. The summed E-state index contributed by atoms with van der Waals surface area (Å²) in [6.07, 6.45) is -0.500. The number of aliphatic imine (C=N–C) groups is 2. The normalized spacial score (nSPS) is 15.7. The molecule has 1 aliphatic rings. The second-order valence-electron chi connectivity index (χ2n) is 11.9. The summed E-state index contributed by atoms with van der Waals surface area (Å²) in [6.45, 7) is 28.3. The van der Waals surface area contributed by atoms with Crippen molar-refractivity contribution >= 4 is 17.4 Å². The molecular formula is C25H52N2O5. The summed E-state index contributed by atoms with van der Waals surface area (Å²) in [6, 6.07) is 0. The number of carboxylic acids is 1. The first kappa shape index (κ1) is 35.3. The maximum Gasteiger partial charge on any atom is 0.354 e. The Morgan fingerprint density at radius 2 is 0.844 bits per heavy atom. The summed E-state index contributed by atoms with van der Waals surface area (Å²) in [4.78, 5) is 21.1. The van der Waals surface area contributed by atoms with Gasteiger partial charge in [-0.1, -0.05) is 62.3 Å². The van der Waals surface area contributed by atoms with Gasteiger partial charge >= 0.3 is 5.97 Å². The maximum absolute atomic E-state index is 11.9. The molecule has 0 fully saturated rings. The molecule has 7 heteroatoms. The van der Waals surface area contributed by atoms with Crippen molar-refractivity contribution in [3.8, 4) is 0 Å². The number of hydrogen-bond acceptors (Lipinski definition) is 6. The summed E-state index contributed by atoms with van der Waals surface area (Å²) < 4.78 is 0. The average molecular weight is 461 g/mol. The van der Waals surface area contributed by atoms with Crippen LogP contribution in [0.15, 0.2) is 9.98 Å². The lowest BCUT2D eigenvalue weighted by molar-refractivity contribution is -0.146. The Kier molecular flexibility index (Phi) is 14.8. The van der Waals surface area contributed by atoms with Crippen molar-refractivity contribution in [2.45, 2.75) is 128 Å². The summed E-state index contributed by atoms with van der Waals surface area (Å²) in [5.74, 6) is -0.981. The van der Waals surface area contributed by atoms with Crippen LogP contribution in [0.1, 0.15) is 104 Å². The molecule has 0 aromatic rings. The minimum Gasteiger partial charge on any atom is -0.478 e. The molecule has 0 atom stereocenters. The van der Waals surface area contributed by atoms with Crippen molar-refractivity contribution in [3.63, 3.8) is 0 Å². The van der Waals surface area contributed by atoms with Crippen LogP contribution in [0.3, 0.4) is 0 Å². The predicted molar refractivity (Wildman–Crippen MR) is 136 cm³/mol. The summed E-state index contributed by atoms with van der Waals surface area (Å²) >= 11 is 0. The number of rotatable bonds is 1. The first-order chi connectivity index (χ1) is 13.8. The number of hydrogen-bond donors (Lipinski definition) is 4. The molecule has 32 heavy (non-hydrogen) atoms. The van der Waals surface area contributed by atoms with Crippen LogP contribution in [0.4, 0.5) is 0 Å². The highest BCUT2D eigenvalue weighted by Crippen LogP contribution is 2.43. The van der Waals surface area contributed by atoms with Gasteiger partial charge in [0.2, 0.25) is 0 Å². The van der Waals surface area contributed by atoms with Crippen LogP contribution in [0.25, 0.3) is 0 Å². The molecule has 0 amide bonds. The van der Waals surface area contributed by atoms with E-state index in [-0.39, 0.29) is 29.1 Å². The Hall–Kier alpha value is -1.31. The van der Waals surface area contributed by atoms with E-state index < -0.39 is 17.0 Å². The molecule has 0 aromatic heterocycles. The highest BCUT2D eigenvalue weighted by molar-refractivity contribution is 6.47. The maximum atomic E-state index is 11.9. The Bertz CT molecular complexity index is 561. The topological polar surface area (TPSA) is 123 Å². The molecule has 192 valence electrons. The number of aliphatic hydroxyl groups excluding tert-OH is 3. The largest absolute Gasteiger partial charge is 0.478 e. The second kappa shape index (κ2) is 13.4. The van der Waals surface area contributed by atoms with Crippen molar-refractivity contribution in [1.29, 1.82) is 0 Å². The smallest absolute Gasteiger partial charge is 0.354 e. The molecular weight excluding hydrogens is 408 g/mol. The van der Waals surface area contributed by atoms with E-state index in [1.165, 1.54) is 0 Å². The van der Waals surface area contributed by atoms with Crippen molar-refractivity contribution in [3.05, 3.63) is 0 Å². The van der Waals surface area contributed by atoms with Gasteiger partial charge in [-0.25, -0.2) is 14.8 Å². The van der Waals surface area contributed by atoms with Crippen LogP contribution in [0.5, 0.6) is 0 Å². The van der Waals surface area contributed by atoms with E-state index in [1.54, 1.807) is 41.5 Å². The lowest BCUT2D eigenvalue weighted by atomic mass is 9.78. The SMILES string of the molecule is CC(C)(C)C1=NC(C(=O)O)(C(C)(C)C)N=C1C(C)(C)C.CC(C)O.CC(C)O.CC(C)O. The number of carbonyl (C=O) groups is 1. The third-order valence-electron chi connectivity index (χ3n) is 3.54. The molecule has 0 saturated carbocycles.